The van der Waals surface area contributed by atoms with Gasteiger partial charge in [-0.2, -0.15) is 5.26 Å². The third-order valence-electron chi connectivity index (χ3n) is 1.81. The number of fused-ring (bicyclic) bond motifs is 1. The Morgan fingerprint density at radius 2 is 2.17 bits per heavy atom. The van der Waals surface area contributed by atoms with E-state index in [4.69, 9.17) is 10.00 Å². The average molecular weight is 159 g/mol. The number of esters is 1. The Bertz CT molecular complexity index is 378. The average Bonchev–Trinajstić information content (AvgIpc) is 2.44. The van der Waals surface area contributed by atoms with E-state index in [0.717, 1.165) is 0 Å². The molecule has 0 N–H and O–H groups in total. The summed E-state index contributed by atoms with van der Waals surface area (Å²) < 4.78 is 4.78. The molecule has 2 rings (SSSR count). The second kappa shape index (κ2) is 2.35. The van der Waals surface area contributed by atoms with Crippen molar-refractivity contribution in [2.75, 3.05) is 0 Å². The van der Waals surface area contributed by atoms with Crippen LogP contribution >= 0.6 is 0 Å². The van der Waals surface area contributed by atoms with Gasteiger partial charge in [-0.15, -0.1) is 0 Å². The number of rotatable bonds is 0. The minimum atomic E-state index is -0.714. The third-order valence-corrected chi connectivity index (χ3v) is 1.81. The molecule has 1 aromatic carbocycles. The molecule has 58 valence electrons. The largest absolute Gasteiger partial charge is 0.438 e. The van der Waals surface area contributed by atoms with Gasteiger partial charge in [0.05, 0.1) is 5.56 Å². The molecule has 0 saturated heterocycles. The van der Waals surface area contributed by atoms with Gasteiger partial charge in [-0.05, 0) is 6.07 Å². The molecule has 0 bridgehead atoms. The Morgan fingerprint density at radius 1 is 1.42 bits per heavy atom. The van der Waals surface area contributed by atoms with Crippen molar-refractivity contribution in [2.45, 2.75) is 6.10 Å². The molecule has 12 heavy (non-hydrogen) atoms. The van der Waals surface area contributed by atoms with Crippen molar-refractivity contribution in [1.82, 2.24) is 0 Å². The van der Waals surface area contributed by atoms with Crippen molar-refractivity contribution in [3.8, 4) is 6.07 Å². The molecule has 1 heterocycles. The summed E-state index contributed by atoms with van der Waals surface area (Å²) in [6.07, 6.45) is -0.714. The van der Waals surface area contributed by atoms with Gasteiger partial charge < -0.3 is 4.74 Å². The number of carbonyl (C=O) groups excluding carboxylic acids is 1. The summed E-state index contributed by atoms with van der Waals surface area (Å²) >= 11 is 0. The SMILES string of the molecule is N#C[C@@H]1OC(=O)c2ccccc21. The van der Waals surface area contributed by atoms with Crippen LogP contribution in [-0.4, -0.2) is 5.97 Å². The Hall–Kier alpha value is -1.82. The van der Waals surface area contributed by atoms with E-state index in [1.807, 2.05) is 6.07 Å². The fourth-order valence-electron chi connectivity index (χ4n) is 1.24. The Morgan fingerprint density at radius 3 is 2.92 bits per heavy atom. The fraction of sp³-hybridized carbons (Fsp3) is 0.111. The smallest absolute Gasteiger partial charge is 0.340 e. The first-order valence-electron chi connectivity index (χ1n) is 3.52. The molecular formula is C9H5NO2. The van der Waals surface area contributed by atoms with Crippen LogP contribution in [0.25, 0.3) is 0 Å². The first kappa shape index (κ1) is 6.86. The number of ether oxygens (including phenoxy) is 1. The minimum absolute atomic E-state index is 0.405. The molecule has 1 atom stereocenters. The molecule has 0 spiro atoms. The van der Waals surface area contributed by atoms with Gasteiger partial charge in [0.1, 0.15) is 6.07 Å². The molecule has 1 aliphatic rings. The molecule has 0 unspecified atom stereocenters. The van der Waals surface area contributed by atoms with E-state index in [1.54, 1.807) is 24.3 Å². The third kappa shape index (κ3) is 0.785. The van der Waals surface area contributed by atoms with Crippen molar-refractivity contribution in [1.29, 1.82) is 5.26 Å². The number of nitriles is 1. The predicted octanol–water partition coefficient (Wildman–Crippen LogP) is 1.42. The highest BCUT2D eigenvalue weighted by Crippen LogP contribution is 2.29. The maximum atomic E-state index is 11.1. The standard InChI is InChI=1S/C9H5NO2/c10-5-8-6-3-1-2-4-7(6)9(11)12-8/h1-4,8H/t8-/m0/s1. The molecule has 0 radical (unpaired) electrons. The highest BCUT2D eigenvalue weighted by atomic mass is 16.5. The normalized spacial score (nSPS) is 19.6. The van der Waals surface area contributed by atoms with Crippen molar-refractivity contribution in [3.63, 3.8) is 0 Å². The predicted molar refractivity (Wildman–Crippen MR) is 40.2 cm³/mol. The summed E-state index contributed by atoms with van der Waals surface area (Å²) in [5.41, 5.74) is 1.18. The topological polar surface area (TPSA) is 50.1 Å². The Labute approximate surface area is 69.2 Å². The van der Waals surface area contributed by atoms with Gasteiger partial charge in [-0.25, -0.2) is 4.79 Å². The first-order valence-corrected chi connectivity index (χ1v) is 3.52. The van der Waals surface area contributed by atoms with Crippen LogP contribution in [0.1, 0.15) is 22.0 Å². The highest BCUT2D eigenvalue weighted by molar-refractivity contribution is 5.94. The van der Waals surface area contributed by atoms with Gasteiger partial charge in [-0.3, -0.25) is 0 Å². The molecule has 0 saturated carbocycles. The monoisotopic (exact) mass is 159 g/mol. The lowest BCUT2D eigenvalue weighted by Gasteiger charge is -1.96. The van der Waals surface area contributed by atoms with Crippen LogP contribution in [0.2, 0.25) is 0 Å². The number of benzene rings is 1. The summed E-state index contributed by atoms with van der Waals surface area (Å²) in [5, 5.41) is 8.60. The summed E-state index contributed by atoms with van der Waals surface area (Å²) in [5.74, 6) is -0.405. The number of carbonyl (C=O) groups is 1. The summed E-state index contributed by atoms with van der Waals surface area (Å²) in [6, 6.07) is 8.83. The van der Waals surface area contributed by atoms with Gasteiger partial charge in [-0.1, -0.05) is 18.2 Å². The van der Waals surface area contributed by atoms with Gasteiger partial charge in [0.2, 0.25) is 6.10 Å². The van der Waals surface area contributed by atoms with E-state index < -0.39 is 12.1 Å². The second-order valence-electron chi connectivity index (χ2n) is 2.50. The Balaban J connectivity index is 2.59. The zero-order valence-corrected chi connectivity index (χ0v) is 6.15. The lowest BCUT2D eigenvalue weighted by Crippen LogP contribution is -1.95. The van der Waals surface area contributed by atoms with Crippen molar-refractivity contribution in [2.24, 2.45) is 0 Å². The number of cyclic esters (lactones) is 1. The second-order valence-corrected chi connectivity index (χ2v) is 2.50. The van der Waals surface area contributed by atoms with Crippen LogP contribution in [0.3, 0.4) is 0 Å². The molecule has 1 aliphatic heterocycles. The van der Waals surface area contributed by atoms with Crippen LogP contribution in [0.15, 0.2) is 24.3 Å². The van der Waals surface area contributed by atoms with Crippen LogP contribution in [0.5, 0.6) is 0 Å². The van der Waals surface area contributed by atoms with Gasteiger partial charge in [0.25, 0.3) is 0 Å². The molecular weight excluding hydrogens is 154 g/mol. The summed E-state index contributed by atoms with van der Waals surface area (Å²) in [7, 11) is 0. The first-order chi connectivity index (χ1) is 5.83. The molecule has 3 heteroatoms. The lowest BCUT2D eigenvalue weighted by molar-refractivity contribution is 0.0478. The fourth-order valence-corrected chi connectivity index (χ4v) is 1.24. The quantitative estimate of drug-likeness (QED) is 0.538. The van der Waals surface area contributed by atoms with Gasteiger partial charge >= 0.3 is 5.97 Å². The van der Waals surface area contributed by atoms with E-state index in [9.17, 15) is 4.79 Å². The van der Waals surface area contributed by atoms with Crippen LogP contribution in [0, 0.1) is 11.3 Å². The number of hydrogen-bond acceptors (Lipinski definition) is 3. The van der Waals surface area contributed by atoms with E-state index in [-0.39, 0.29) is 0 Å². The minimum Gasteiger partial charge on any atom is -0.438 e. The van der Waals surface area contributed by atoms with E-state index >= 15 is 0 Å². The maximum Gasteiger partial charge on any atom is 0.340 e. The zero-order chi connectivity index (χ0) is 8.55. The van der Waals surface area contributed by atoms with Crippen LogP contribution in [0.4, 0.5) is 0 Å². The number of nitrogens with zero attached hydrogens (tertiary/aromatic N) is 1. The molecule has 0 amide bonds. The highest BCUT2D eigenvalue weighted by Gasteiger charge is 2.29. The van der Waals surface area contributed by atoms with Crippen LogP contribution in [-0.2, 0) is 4.74 Å². The molecule has 3 nitrogen and oxygen atoms in total. The molecule has 0 fully saturated rings. The summed E-state index contributed by atoms with van der Waals surface area (Å²) in [4.78, 5) is 11.1. The van der Waals surface area contributed by atoms with Crippen molar-refractivity contribution in [3.05, 3.63) is 35.4 Å². The lowest BCUT2D eigenvalue weighted by atomic mass is 10.1. The Kier molecular flexibility index (Phi) is 1.34. The summed E-state index contributed by atoms with van der Waals surface area (Å²) in [6.45, 7) is 0. The molecule has 0 aliphatic carbocycles. The zero-order valence-electron chi connectivity index (χ0n) is 6.15. The van der Waals surface area contributed by atoms with E-state index in [2.05, 4.69) is 0 Å². The van der Waals surface area contributed by atoms with Gasteiger partial charge in [0.15, 0.2) is 0 Å². The number of hydrogen-bond donors (Lipinski definition) is 0. The van der Waals surface area contributed by atoms with E-state index in [0.29, 0.717) is 11.1 Å². The van der Waals surface area contributed by atoms with Gasteiger partial charge in [0, 0.05) is 5.56 Å². The molecule has 1 aromatic rings. The van der Waals surface area contributed by atoms with Crippen molar-refractivity contribution < 1.29 is 9.53 Å². The maximum absolute atomic E-state index is 11.1. The van der Waals surface area contributed by atoms with E-state index in [1.165, 1.54) is 0 Å². The molecule has 0 aromatic heterocycles. The van der Waals surface area contributed by atoms with Crippen molar-refractivity contribution >= 4 is 5.97 Å². The van der Waals surface area contributed by atoms with Crippen LogP contribution < -0.4 is 0 Å².